The third kappa shape index (κ3) is 3.63. The van der Waals surface area contributed by atoms with E-state index in [0.717, 1.165) is 16.9 Å². The zero-order valence-corrected chi connectivity index (χ0v) is 12.3. The largest absolute Gasteiger partial charge is 0.397 e. The Morgan fingerprint density at radius 1 is 1.45 bits per heavy atom. The van der Waals surface area contributed by atoms with Gasteiger partial charge in [-0.2, -0.15) is 0 Å². The molecule has 1 amide bonds. The minimum atomic E-state index is -0.433. The molecule has 0 aliphatic carbocycles. The van der Waals surface area contributed by atoms with Crippen LogP contribution in [0.5, 0.6) is 0 Å². The van der Waals surface area contributed by atoms with Crippen molar-refractivity contribution in [2.45, 2.75) is 39.7 Å². The van der Waals surface area contributed by atoms with Gasteiger partial charge >= 0.3 is 0 Å². The van der Waals surface area contributed by atoms with Crippen LogP contribution in [0.3, 0.4) is 0 Å². The van der Waals surface area contributed by atoms with Gasteiger partial charge in [-0.3, -0.25) is 4.79 Å². The number of aliphatic hydroxyl groups excluding tert-OH is 1. The first kappa shape index (κ1) is 14.7. The predicted octanol–water partition coefficient (Wildman–Crippen LogP) is 1.97. The van der Waals surface area contributed by atoms with Crippen molar-refractivity contribution in [3.63, 3.8) is 0 Å². The van der Waals surface area contributed by atoms with E-state index in [1.165, 1.54) is 0 Å². The number of rotatable bonds is 4. The van der Waals surface area contributed by atoms with Gasteiger partial charge in [-0.1, -0.05) is 20.8 Å². The normalized spacial score (nSPS) is 15.7. The molecule has 0 radical (unpaired) electrons. The highest BCUT2D eigenvalue weighted by Gasteiger charge is 2.20. The Hall–Kier alpha value is -1.75. The summed E-state index contributed by atoms with van der Waals surface area (Å²) in [7, 11) is 0. The molecule has 1 unspecified atom stereocenters. The van der Waals surface area contributed by atoms with E-state index in [2.05, 4.69) is 31.4 Å². The second-order valence-corrected chi connectivity index (χ2v) is 6.62. The van der Waals surface area contributed by atoms with Crippen molar-refractivity contribution < 1.29 is 9.90 Å². The smallest absolute Gasteiger partial charge is 0.228 e. The Morgan fingerprint density at radius 3 is 2.80 bits per heavy atom. The fourth-order valence-electron chi connectivity index (χ4n) is 2.45. The number of benzene rings is 1. The quantitative estimate of drug-likeness (QED) is 0.634. The van der Waals surface area contributed by atoms with E-state index in [4.69, 9.17) is 5.73 Å². The van der Waals surface area contributed by atoms with Gasteiger partial charge in [0.15, 0.2) is 0 Å². The number of fused-ring (bicyclic) bond motifs is 1. The van der Waals surface area contributed by atoms with E-state index in [9.17, 15) is 9.90 Å². The molecule has 1 atom stereocenters. The first-order chi connectivity index (χ1) is 9.24. The third-order valence-corrected chi connectivity index (χ3v) is 3.28. The van der Waals surface area contributed by atoms with Crippen molar-refractivity contribution in [3.8, 4) is 0 Å². The van der Waals surface area contributed by atoms with E-state index >= 15 is 0 Å². The fraction of sp³-hybridized carbons (Fsp3) is 0.533. The lowest BCUT2D eigenvalue weighted by Crippen LogP contribution is -2.25. The molecule has 1 heterocycles. The second-order valence-electron chi connectivity index (χ2n) is 6.62. The first-order valence-corrected chi connectivity index (χ1v) is 6.89. The minimum Gasteiger partial charge on any atom is -0.397 e. The van der Waals surface area contributed by atoms with E-state index in [1.54, 1.807) is 0 Å². The lowest BCUT2D eigenvalue weighted by molar-refractivity contribution is -0.115. The lowest BCUT2D eigenvalue weighted by atomic mass is 9.89. The fourth-order valence-corrected chi connectivity index (χ4v) is 2.45. The molecule has 0 saturated heterocycles. The third-order valence-electron chi connectivity index (χ3n) is 3.28. The zero-order valence-electron chi connectivity index (χ0n) is 12.3. The second kappa shape index (κ2) is 5.32. The summed E-state index contributed by atoms with van der Waals surface area (Å²) in [5.41, 5.74) is 9.13. The summed E-state index contributed by atoms with van der Waals surface area (Å²) in [4.78, 5) is 11.3. The number of hydrogen-bond donors (Lipinski definition) is 4. The molecule has 0 bridgehead atoms. The van der Waals surface area contributed by atoms with Gasteiger partial charge in [0.1, 0.15) is 0 Å². The molecule has 1 aromatic carbocycles. The maximum atomic E-state index is 11.3. The Bertz CT molecular complexity index is 521. The van der Waals surface area contributed by atoms with Crippen molar-refractivity contribution in [2.75, 3.05) is 22.9 Å². The Kier molecular flexibility index (Phi) is 3.90. The molecule has 1 aliphatic heterocycles. The monoisotopic (exact) mass is 277 g/mol. The summed E-state index contributed by atoms with van der Waals surface area (Å²) in [6, 6.07) is 3.64. The molecule has 0 saturated carbocycles. The number of nitrogens with one attached hydrogen (secondary N) is 2. The van der Waals surface area contributed by atoms with Gasteiger partial charge < -0.3 is 21.5 Å². The minimum absolute atomic E-state index is 0.00989. The number of carbonyl (C=O) groups is 1. The van der Waals surface area contributed by atoms with Crippen molar-refractivity contribution >= 4 is 23.0 Å². The zero-order chi connectivity index (χ0) is 14.9. The molecule has 20 heavy (non-hydrogen) atoms. The average molecular weight is 277 g/mol. The highest BCUT2D eigenvalue weighted by atomic mass is 16.3. The molecule has 5 heteroatoms. The number of amides is 1. The number of carbonyl (C=O) groups excluding carboxylic acids is 1. The molecule has 110 valence electrons. The molecular formula is C15H23N3O2. The number of aliphatic hydroxyl groups is 1. The van der Waals surface area contributed by atoms with Crippen LogP contribution in [-0.4, -0.2) is 23.7 Å². The summed E-state index contributed by atoms with van der Waals surface area (Å²) in [5, 5.41) is 15.9. The standard InChI is InChI=1S/C15H23N3O2/c1-15(2,3)7-10(19)8-17-13-6-12-9(4-11(13)16)5-14(20)18-12/h4,6,10,17,19H,5,7-8,16H2,1-3H3,(H,18,20). The molecule has 1 aliphatic rings. The summed E-state index contributed by atoms with van der Waals surface area (Å²) < 4.78 is 0. The summed E-state index contributed by atoms with van der Waals surface area (Å²) in [6.45, 7) is 6.72. The van der Waals surface area contributed by atoms with Crippen LogP contribution in [0.1, 0.15) is 32.8 Å². The summed E-state index contributed by atoms with van der Waals surface area (Å²) in [5.74, 6) is -0.00989. The molecule has 0 spiro atoms. The van der Waals surface area contributed by atoms with E-state index in [1.807, 2.05) is 12.1 Å². The maximum absolute atomic E-state index is 11.3. The molecule has 5 N–H and O–H groups in total. The number of nitrogen functional groups attached to an aromatic ring is 1. The van der Waals surface area contributed by atoms with Crippen LogP contribution in [0.15, 0.2) is 12.1 Å². The Labute approximate surface area is 119 Å². The Morgan fingerprint density at radius 2 is 2.15 bits per heavy atom. The van der Waals surface area contributed by atoms with E-state index in [0.29, 0.717) is 25.1 Å². The van der Waals surface area contributed by atoms with Crippen LogP contribution in [0, 0.1) is 5.41 Å². The van der Waals surface area contributed by atoms with Crippen LogP contribution in [0.2, 0.25) is 0 Å². The molecular weight excluding hydrogens is 254 g/mol. The number of nitrogens with two attached hydrogens (primary N) is 1. The van der Waals surface area contributed by atoms with Gasteiger partial charge in [0.2, 0.25) is 5.91 Å². The van der Waals surface area contributed by atoms with Crippen molar-refractivity contribution in [1.82, 2.24) is 0 Å². The van der Waals surface area contributed by atoms with E-state index in [-0.39, 0.29) is 11.3 Å². The van der Waals surface area contributed by atoms with Gasteiger partial charge in [0.05, 0.1) is 23.9 Å². The van der Waals surface area contributed by atoms with E-state index < -0.39 is 6.10 Å². The summed E-state index contributed by atoms with van der Waals surface area (Å²) in [6.07, 6.45) is 0.658. The highest BCUT2D eigenvalue weighted by Crippen LogP contribution is 2.31. The lowest BCUT2D eigenvalue weighted by Gasteiger charge is -2.23. The highest BCUT2D eigenvalue weighted by molar-refractivity contribution is 6.00. The van der Waals surface area contributed by atoms with Gasteiger partial charge in [-0.25, -0.2) is 0 Å². The van der Waals surface area contributed by atoms with Crippen LogP contribution in [0.4, 0.5) is 17.1 Å². The van der Waals surface area contributed by atoms with Gasteiger partial charge in [0, 0.05) is 12.2 Å². The van der Waals surface area contributed by atoms with Crippen LogP contribution in [-0.2, 0) is 11.2 Å². The molecule has 5 nitrogen and oxygen atoms in total. The maximum Gasteiger partial charge on any atom is 0.228 e. The SMILES string of the molecule is CC(C)(C)CC(O)CNc1cc2c(cc1N)CC(=O)N2. The topological polar surface area (TPSA) is 87.4 Å². The molecule has 1 aromatic rings. The van der Waals surface area contributed by atoms with Crippen molar-refractivity contribution in [2.24, 2.45) is 5.41 Å². The van der Waals surface area contributed by atoms with Gasteiger partial charge in [0.25, 0.3) is 0 Å². The molecule has 0 fully saturated rings. The first-order valence-electron chi connectivity index (χ1n) is 6.89. The Balaban J connectivity index is 2.00. The van der Waals surface area contributed by atoms with Crippen molar-refractivity contribution in [3.05, 3.63) is 17.7 Å². The number of hydrogen-bond acceptors (Lipinski definition) is 4. The van der Waals surface area contributed by atoms with Gasteiger partial charge in [-0.05, 0) is 29.5 Å². The molecule has 2 rings (SSSR count). The van der Waals surface area contributed by atoms with Crippen LogP contribution >= 0.6 is 0 Å². The average Bonchev–Trinajstić information content (AvgIpc) is 2.62. The van der Waals surface area contributed by atoms with Crippen LogP contribution in [0.25, 0.3) is 0 Å². The molecule has 0 aromatic heterocycles. The predicted molar refractivity (Wildman–Crippen MR) is 81.8 cm³/mol. The van der Waals surface area contributed by atoms with Crippen molar-refractivity contribution in [1.29, 1.82) is 0 Å². The van der Waals surface area contributed by atoms with Crippen LogP contribution < -0.4 is 16.4 Å². The number of anilines is 3. The summed E-state index contributed by atoms with van der Waals surface area (Å²) >= 11 is 0. The van der Waals surface area contributed by atoms with Gasteiger partial charge in [-0.15, -0.1) is 0 Å².